The van der Waals surface area contributed by atoms with Gasteiger partial charge in [-0.3, -0.25) is 9.59 Å². The lowest BCUT2D eigenvalue weighted by Crippen LogP contribution is -2.37. The highest BCUT2D eigenvalue weighted by Crippen LogP contribution is 2.18. The maximum atomic E-state index is 12.5. The Hall–Kier alpha value is -2.57. The van der Waals surface area contributed by atoms with E-state index in [2.05, 4.69) is 15.3 Å². The van der Waals surface area contributed by atoms with Crippen LogP contribution in [0.15, 0.2) is 18.2 Å². The number of amides is 2. The summed E-state index contributed by atoms with van der Waals surface area (Å²) in [6.45, 7) is 4.54. The molecule has 0 radical (unpaired) electrons. The first-order valence-electron chi connectivity index (χ1n) is 7.55. The SMILES string of the molecule is CCOc1nc2ccc(C(=O)N(C)C[C@H](C)C(=O)NC)cc2[nH]1. The smallest absolute Gasteiger partial charge is 0.294 e. The summed E-state index contributed by atoms with van der Waals surface area (Å²) in [6.07, 6.45) is 0. The predicted octanol–water partition coefficient (Wildman–Crippen LogP) is 1.42. The van der Waals surface area contributed by atoms with Crippen LogP contribution in [0.3, 0.4) is 0 Å². The van der Waals surface area contributed by atoms with Gasteiger partial charge in [0.05, 0.1) is 23.6 Å². The van der Waals surface area contributed by atoms with Crippen molar-refractivity contribution in [2.24, 2.45) is 5.92 Å². The topological polar surface area (TPSA) is 87.3 Å². The number of aromatic nitrogens is 2. The van der Waals surface area contributed by atoms with Crippen LogP contribution in [0, 0.1) is 5.92 Å². The first kappa shape index (κ1) is 16.8. The van der Waals surface area contributed by atoms with E-state index in [-0.39, 0.29) is 17.7 Å². The summed E-state index contributed by atoms with van der Waals surface area (Å²) in [5, 5.41) is 2.58. The summed E-state index contributed by atoms with van der Waals surface area (Å²) in [6, 6.07) is 5.68. The Morgan fingerprint density at radius 1 is 1.43 bits per heavy atom. The molecule has 2 N–H and O–H groups in total. The molecular formula is C16H22N4O3. The zero-order chi connectivity index (χ0) is 17.0. The van der Waals surface area contributed by atoms with Gasteiger partial charge >= 0.3 is 0 Å². The van der Waals surface area contributed by atoms with Crippen molar-refractivity contribution >= 4 is 22.8 Å². The number of aromatic amines is 1. The van der Waals surface area contributed by atoms with Crippen LogP contribution in [0.5, 0.6) is 6.01 Å². The molecule has 0 aliphatic carbocycles. The van der Waals surface area contributed by atoms with E-state index >= 15 is 0 Å². The molecule has 0 aliphatic heterocycles. The fraction of sp³-hybridized carbons (Fsp3) is 0.438. The normalized spacial score (nSPS) is 12.0. The fourth-order valence-electron chi connectivity index (χ4n) is 2.37. The highest BCUT2D eigenvalue weighted by atomic mass is 16.5. The van der Waals surface area contributed by atoms with Gasteiger partial charge in [0.1, 0.15) is 0 Å². The minimum absolute atomic E-state index is 0.0879. The molecule has 1 aromatic heterocycles. The number of benzene rings is 1. The van der Waals surface area contributed by atoms with Gasteiger partial charge in [0.2, 0.25) is 5.91 Å². The Kier molecular flexibility index (Phi) is 5.20. The average molecular weight is 318 g/mol. The lowest BCUT2D eigenvalue weighted by atomic mass is 10.1. The number of H-pyrrole nitrogens is 1. The number of nitrogens with one attached hydrogen (secondary N) is 2. The van der Waals surface area contributed by atoms with Crippen LogP contribution in [0.25, 0.3) is 11.0 Å². The molecule has 1 heterocycles. The monoisotopic (exact) mass is 318 g/mol. The molecule has 0 spiro atoms. The largest absolute Gasteiger partial charge is 0.465 e. The van der Waals surface area contributed by atoms with Crippen molar-refractivity contribution in [2.45, 2.75) is 13.8 Å². The summed E-state index contributed by atoms with van der Waals surface area (Å²) in [7, 11) is 3.27. The van der Waals surface area contributed by atoms with Gasteiger partial charge in [-0.25, -0.2) is 0 Å². The number of carbonyl (C=O) groups is 2. The van der Waals surface area contributed by atoms with Gasteiger partial charge in [0.15, 0.2) is 0 Å². The molecule has 7 nitrogen and oxygen atoms in total. The van der Waals surface area contributed by atoms with Crippen LogP contribution in [-0.4, -0.2) is 53.9 Å². The summed E-state index contributed by atoms with van der Waals surface area (Å²) in [5.74, 6) is -0.500. The Labute approximate surface area is 135 Å². The standard InChI is InChI=1S/C16H22N4O3/c1-5-23-16-18-12-7-6-11(8-13(12)19-16)15(22)20(4)9-10(2)14(21)17-3/h6-8,10H,5,9H2,1-4H3,(H,17,21)(H,18,19)/t10-/m0/s1. The van der Waals surface area contributed by atoms with Crippen molar-refractivity contribution in [3.8, 4) is 6.01 Å². The number of carbonyl (C=O) groups excluding carboxylic acids is 2. The molecule has 0 unspecified atom stereocenters. The maximum Gasteiger partial charge on any atom is 0.294 e. The fourth-order valence-corrected chi connectivity index (χ4v) is 2.37. The Morgan fingerprint density at radius 2 is 2.17 bits per heavy atom. The lowest BCUT2D eigenvalue weighted by Gasteiger charge is -2.20. The van der Waals surface area contributed by atoms with Crippen LogP contribution >= 0.6 is 0 Å². The number of rotatable bonds is 6. The molecule has 2 amide bonds. The third-order valence-electron chi connectivity index (χ3n) is 3.58. The van der Waals surface area contributed by atoms with E-state index in [1.54, 1.807) is 44.1 Å². The summed E-state index contributed by atoms with van der Waals surface area (Å²) in [5.41, 5.74) is 2.02. The lowest BCUT2D eigenvalue weighted by molar-refractivity contribution is -0.124. The Bertz CT molecular complexity index is 710. The van der Waals surface area contributed by atoms with E-state index in [0.29, 0.717) is 24.7 Å². The van der Waals surface area contributed by atoms with Gasteiger partial charge in [-0.1, -0.05) is 6.92 Å². The number of hydrogen-bond acceptors (Lipinski definition) is 4. The molecule has 23 heavy (non-hydrogen) atoms. The zero-order valence-electron chi connectivity index (χ0n) is 13.8. The molecule has 0 fully saturated rings. The van der Waals surface area contributed by atoms with E-state index in [4.69, 9.17) is 4.74 Å². The number of imidazole rings is 1. The van der Waals surface area contributed by atoms with Crippen molar-refractivity contribution in [1.29, 1.82) is 0 Å². The first-order valence-corrected chi connectivity index (χ1v) is 7.55. The third kappa shape index (κ3) is 3.80. The third-order valence-corrected chi connectivity index (χ3v) is 3.58. The van der Waals surface area contributed by atoms with Gasteiger partial charge < -0.3 is 19.9 Å². The molecule has 2 aromatic rings. The van der Waals surface area contributed by atoms with E-state index < -0.39 is 0 Å². The number of ether oxygens (including phenoxy) is 1. The van der Waals surface area contributed by atoms with Crippen LogP contribution < -0.4 is 10.1 Å². The zero-order valence-corrected chi connectivity index (χ0v) is 13.8. The molecule has 2 rings (SSSR count). The highest BCUT2D eigenvalue weighted by molar-refractivity contribution is 5.97. The van der Waals surface area contributed by atoms with Crippen molar-refractivity contribution in [2.75, 3.05) is 27.2 Å². The number of nitrogens with zero attached hydrogens (tertiary/aromatic N) is 2. The number of hydrogen-bond donors (Lipinski definition) is 2. The molecule has 1 aromatic carbocycles. The van der Waals surface area contributed by atoms with Crippen molar-refractivity contribution in [1.82, 2.24) is 20.2 Å². The van der Waals surface area contributed by atoms with Crippen LogP contribution in [0.4, 0.5) is 0 Å². The summed E-state index contributed by atoms with van der Waals surface area (Å²) in [4.78, 5) is 32.9. The van der Waals surface area contributed by atoms with Crippen LogP contribution in [-0.2, 0) is 4.79 Å². The predicted molar refractivity (Wildman–Crippen MR) is 87.5 cm³/mol. The molecular weight excluding hydrogens is 296 g/mol. The quantitative estimate of drug-likeness (QED) is 0.843. The Morgan fingerprint density at radius 3 is 2.83 bits per heavy atom. The maximum absolute atomic E-state index is 12.5. The number of fused-ring (bicyclic) bond motifs is 1. The highest BCUT2D eigenvalue weighted by Gasteiger charge is 2.19. The average Bonchev–Trinajstić information content (AvgIpc) is 2.94. The summed E-state index contributed by atoms with van der Waals surface area (Å²) >= 11 is 0. The van der Waals surface area contributed by atoms with E-state index in [1.807, 2.05) is 6.92 Å². The molecule has 7 heteroatoms. The molecule has 0 aliphatic rings. The van der Waals surface area contributed by atoms with Gasteiger partial charge in [-0.05, 0) is 25.1 Å². The van der Waals surface area contributed by atoms with Gasteiger partial charge in [0.25, 0.3) is 11.9 Å². The van der Waals surface area contributed by atoms with E-state index in [9.17, 15) is 9.59 Å². The van der Waals surface area contributed by atoms with Gasteiger partial charge in [-0.2, -0.15) is 4.98 Å². The molecule has 124 valence electrons. The Balaban J connectivity index is 2.15. The van der Waals surface area contributed by atoms with Crippen LogP contribution in [0.1, 0.15) is 24.2 Å². The van der Waals surface area contributed by atoms with Crippen LogP contribution in [0.2, 0.25) is 0 Å². The molecule has 1 atom stereocenters. The molecule has 0 saturated heterocycles. The molecule has 0 saturated carbocycles. The minimum atomic E-state index is -0.269. The van der Waals surface area contributed by atoms with Crippen molar-refractivity contribution < 1.29 is 14.3 Å². The second-order valence-electron chi connectivity index (χ2n) is 5.41. The van der Waals surface area contributed by atoms with Crippen molar-refractivity contribution in [3.05, 3.63) is 23.8 Å². The van der Waals surface area contributed by atoms with Gasteiger partial charge in [-0.15, -0.1) is 0 Å². The second kappa shape index (κ2) is 7.13. The second-order valence-corrected chi connectivity index (χ2v) is 5.41. The van der Waals surface area contributed by atoms with Gasteiger partial charge in [0, 0.05) is 26.2 Å². The van der Waals surface area contributed by atoms with E-state index in [0.717, 1.165) is 11.0 Å². The van der Waals surface area contributed by atoms with E-state index in [1.165, 1.54) is 0 Å². The van der Waals surface area contributed by atoms with Crippen molar-refractivity contribution in [3.63, 3.8) is 0 Å². The summed E-state index contributed by atoms with van der Waals surface area (Å²) < 4.78 is 5.32. The minimum Gasteiger partial charge on any atom is -0.465 e. The molecule has 0 bridgehead atoms. The first-order chi connectivity index (χ1) is 11.0.